The van der Waals surface area contributed by atoms with Gasteiger partial charge in [0.2, 0.25) is 0 Å². The third-order valence-electron chi connectivity index (χ3n) is 3.16. The molecule has 0 aromatic heterocycles. The molecule has 0 fully saturated rings. The summed E-state index contributed by atoms with van der Waals surface area (Å²) in [7, 11) is 1.47. The Morgan fingerprint density at radius 3 is 2.54 bits per heavy atom. The monoisotopic (exact) mass is 386 g/mol. The average Bonchev–Trinajstić information content (AvgIpc) is 2.60. The Morgan fingerprint density at radius 2 is 1.92 bits per heavy atom. The molecule has 0 saturated heterocycles. The van der Waals surface area contributed by atoms with Crippen molar-refractivity contribution in [2.24, 2.45) is 0 Å². The Hall–Kier alpha value is -2.83. The molecular weight excluding hydrogens is 375 g/mol. The molecule has 0 radical (unpaired) electrons. The summed E-state index contributed by atoms with van der Waals surface area (Å²) in [5.74, 6) is 0.485. The van der Waals surface area contributed by atoms with E-state index in [9.17, 15) is 4.39 Å². The van der Waals surface area contributed by atoms with Gasteiger partial charge in [-0.3, -0.25) is 0 Å². The van der Waals surface area contributed by atoms with Crippen LogP contribution in [0.1, 0.15) is 11.1 Å². The van der Waals surface area contributed by atoms with Crippen molar-refractivity contribution in [2.75, 3.05) is 7.11 Å². The highest BCUT2D eigenvalue weighted by atomic mass is 79.9. The van der Waals surface area contributed by atoms with Crippen LogP contribution in [0.25, 0.3) is 6.08 Å². The van der Waals surface area contributed by atoms with Crippen molar-refractivity contribution in [2.45, 2.75) is 6.61 Å². The Kier molecular flexibility index (Phi) is 5.95. The molecule has 24 heavy (non-hydrogen) atoms. The van der Waals surface area contributed by atoms with Gasteiger partial charge in [0.15, 0.2) is 11.5 Å². The summed E-state index contributed by atoms with van der Waals surface area (Å²) in [5.41, 5.74) is 0.997. The zero-order valence-electron chi connectivity index (χ0n) is 12.7. The van der Waals surface area contributed by atoms with Crippen LogP contribution in [0, 0.1) is 28.5 Å². The fraction of sp³-hybridized carbons (Fsp3) is 0.111. The van der Waals surface area contributed by atoms with E-state index in [1.54, 1.807) is 42.5 Å². The molecule has 6 heteroatoms. The summed E-state index contributed by atoms with van der Waals surface area (Å²) in [6.07, 6.45) is 1.44. The summed E-state index contributed by atoms with van der Waals surface area (Å²) < 4.78 is 25.2. The number of nitrogens with zero attached hydrogens (tertiary/aromatic N) is 2. The SMILES string of the molecule is COc1cc(C=C(C#N)C#N)c(Br)cc1OCc1ccccc1F. The third kappa shape index (κ3) is 4.13. The molecule has 4 nitrogen and oxygen atoms in total. The molecule has 2 aromatic carbocycles. The second-order valence-electron chi connectivity index (χ2n) is 4.69. The van der Waals surface area contributed by atoms with E-state index < -0.39 is 0 Å². The van der Waals surface area contributed by atoms with E-state index >= 15 is 0 Å². The predicted octanol–water partition coefficient (Wildman–Crippen LogP) is 4.61. The van der Waals surface area contributed by atoms with Crippen molar-refractivity contribution >= 4 is 22.0 Å². The number of hydrogen-bond donors (Lipinski definition) is 0. The minimum absolute atomic E-state index is 0.0298. The lowest BCUT2D eigenvalue weighted by molar-refractivity contribution is 0.279. The van der Waals surface area contributed by atoms with Crippen LogP contribution in [0.15, 0.2) is 46.4 Å². The van der Waals surface area contributed by atoms with Crippen molar-refractivity contribution in [3.05, 3.63) is 63.4 Å². The smallest absolute Gasteiger partial charge is 0.162 e. The molecular formula is C18H12BrFN2O2. The summed E-state index contributed by atoms with van der Waals surface area (Å²) in [5, 5.41) is 17.7. The van der Waals surface area contributed by atoms with E-state index in [0.29, 0.717) is 27.1 Å². The average molecular weight is 387 g/mol. The highest BCUT2D eigenvalue weighted by molar-refractivity contribution is 9.10. The summed E-state index contributed by atoms with van der Waals surface area (Å²) in [6.45, 7) is 0.0479. The zero-order chi connectivity index (χ0) is 17.5. The van der Waals surface area contributed by atoms with Gasteiger partial charge in [0.05, 0.1) is 7.11 Å². The molecule has 120 valence electrons. The second kappa shape index (κ2) is 8.14. The van der Waals surface area contributed by atoms with E-state index in [1.807, 2.05) is 0 Å². The molecule has 2 rings (SSSR count). The maximum Gasteiger partial charge on any atom is 0.162 e. The van der Waals surface area contributed by atoms with Gasteiger partial charge in [0, 0.05) is 10.0 Å². The van der Waals surface area contributed by atoms with Crippen LogP contribution in [-0.2, 0) is 6.61 Å². The molecule has 0 bridgehead atoms. The molecule has 0 saturated carbocycles. The second-order valence-corrected chi connectivity index (χ2v) is 5.54. The molecule has 0 atom stereocenters. The molecule has 0 N–H and O–H groups in total. The lowest BCUT2D eigenvalue weighted by atomic mass is 10.1. The number of hydrogen-bond acceptors (Lipinski definition) is 4. The van der Waals surface area contributed by atoms with Gasteiger partial charge in [-0.05, 0) is 29.8 Å². The van der Waals surface area contributed by atoms with Gasteiger partial charge in [-0.15, -0.1) is 0 Å². The summed E-state index contributed by atoms with van der Waals surface area (Å²) >= 11 is 3.37. The predicted molar refractivity (Wildman–Crippen MR) is 90.6 cm³/mol. The Balaban J connectivity index is 2.31. The van der Waals surface area contributed by atoms with Crippen LogP contribution in [0.2, 0.25) is 0 Å². The van der Waals surface area contributed by atoms with Crippen molar-refractivity contribution in [3.8, 4) is 23.6 Å². The first-order valence-corrected chi connectivity index (χ1v) is 7.64. The van der Waals surface area contributed by atoms with E-state index in [4.69, 9.17) is 20.0 Å². The van der Waals surface area contributed by atoms with Gasteiger partial charge in [0.1, 0.15) is 30.1 Å². The quantitative estimate of drug-likeness (QED) is 0.703. The van der Waals surface area contributed by atoms with Crippen molar-refractivity contribution in [1.29, 1.82) is 10.5 Å². The Morgan fingerprint density at radius 1 is 1.21 bits per heavy atom. The molecule has 0 amide bonds. The number of allylic oxidation sites excluding steroid dienone is 1. The highest BCUT2D eigenvalue weighted by Gasteiger charge is 2.11. The van der Waals surface area contributed by atoms with E-state index in [0.717, 1.165) is 0 Å². The molecule has 0 aliphatic carbocycles. The van der Waals surface area contributed by atoms with E-state index in [1.165, 1.54) is 19.3 Å². The lowest BCUT2D eigenvalue weighted by Gasteiger charge is -2.13. The normalized spacial score (nSPS) is 9.54. The van der Waals surface area contributed by atoms with E-state index in [2.05, 4.69) is 15.9 Å². The fourth-order valence-corrected chi connectivity index (χ4v) is 2.39. The van der Waals surface area contributed by atoms with Crippen LogP contribution in [0.5, 0.6) is 11.5 Å². The summed E-state index contributed by atoms with van der Waals surface area (Å²) in [4.78, 5) is 0. The van der Waals surface area contributed by atoms with Gasteiger partial charge in [-0.1, -0.05) is 34.1 Å². The van der Waals surface area contributed by atoms with Crippen LogP contribution in [0.4, 0.5) is 4.39 Å². The van der Waals surface area contributed by atoms with Gasteiger partial charge < -0.3 is 9.47 Å². The molecule has 2 aromatic rings. The molecule has 0 aliphatic heterocycles. The van der Waals surface area contributed by atoms with Gasteiger partial charge in [-0.2, -0.15) is 10.5 Å². The van der Waals surface area contributed by atoms with E-state index in [-0.39, 0.29) is 18.0 Å². The maximum absolute atomic E-state index is 13.7. The number of halogens is 2. The molecule has 0 spiro atoms. The van der Waals surface area contributed by atoms with Crippen LogP contribution >= 0.6 is 15.9 Å². The first-order valence-electron chi connectivity index (χ1n) is 6.84. The number of ether oxygens (including phenoxy) is 2. The number of rotatable bonds is 5. The first kappa shape index (κ1) is 17.5. The third-order valence-corrected chi connectivity index (χ3v) is 3.85. The first-order chi connectivity index (χ1) is 11.6. The van der Waals surface area contributed by atoms with Gasteiger partial charge in [-0.25, -0.2) is 4.39 Å². The Bertz CT molecular complexity index is 850. The minimum Gasteiger partial charge on any atom is -0.493 e. The fourth-order valence-electron chi connectivity index (χ4n) is 1.95. The van der Waals surface area contributed by atoms with Crippen molar-refractivity contribution in [1.82, 2.24) is 0 Å². The van der Waals surface area contributed by atoms with Gasteiger partial charge in [0.25, 0.3) is 0 Å². The molecule has 0 unspecified atom stereocenters. The standard InChI is InChI=1S/C18H12BrFN2O2/c1-23-17-7-14(6-12(9-21)10-22)15(19)8-18(17)24-11-13-4-2-3-5-16(13)20/h2-8H,11H2,1H3. The van der Waals surface area contributed by atoms with Crippen molar-refractivity contribution in [3.63, 3.8) is 0 Å². The highest BCUT2D eigenvalue weighted by Crippen LogP contribution is 2.35. The lowest BCUT2D eigenvalue weighted by Crippen LogP contribution is -2.00. The van der Waals surface area contributed by atoms with Crippen LogP contribution in [0.3, 0.4) is 0 Å². The largest absolute Gasteiger partial charge is 0.493 e. The maximum atomic E-state index is 13.7. The topological polar surface area (TPSA) is 66.0 Å². The Labute approximate surface area is 147 Å². The van der Waals surface area contributed by atoms with Gasteiger partial charge >= 0.3 is 0 Å². The summed E-state index contributed by atoms with van der Waals surface area (Å²) in [6, 6.07) is 13.2. The molecule has 0 heterocycles. The van der Waals surface area contributed by atoms with Crippen LogP contribution < -0.4 is 9.47 Å². The number of nitriles is 2. The number of benzene rings is 2. The van der Waals surface area contributed by atoms with Crippen LogP contribution in [-0.4, -0.2) is 7.11 Å². The van der Waals surface area contributed by atoms with Crippen molar-refractivity contribution < 1.29 is 13.9 Å². The number of methoxy groups -OCH3 is 1. The molecule has 0 aliphatic rings. The zero-order valence-corrected chi connectivity index (χ0v) is 14.3. The minimum atomic E-state index is -0.345.